The van der Waals surface area contributed by atoms with Crippen LogP contribution in [0.3, 0.4) is 0 Å². The highest BCUT2D eigenvalue weighted by atomic mass is 16.2. The van der Waals surface area contributed by atoms with Gasteiger partial charge in [0.1, 0.15) is 6.04 Å². The van der Waals surface area contributed by atoms with E-state index in [0.29, 0.717) is 5.69 Å². The molecule has 3 rings (SSSR count). The Labute approximate surface area is 111 Å². The smallest absolute Gasteiger partial charge is 0.244 e. The van der Waals surface area contributed by atoms with Crippen LogP contribution in [-0.4, -0.2) is 35.4 Å². The fourth-order valence-corrected chi connectivity index (χ4v) is 2.45. The molecule has 2 aromatic rings. The maximum atomic E-state index is 11.9. The van der Waals surface area contributed by atoms with E-state index in [1.807, 2.05) is 31.3 Å². The predicted octanol–water partition coefficient (Wildman–Crippen LogP) is 1.46. The Morgan fingerprint density at radius 2 is 2.26 bits per heavy atom. The topological polar surface area (TPSA) is 71.2 Å². The molecule has 0 bridgehead atoms. The molecule has 1 amide bonds. The Morgan fingerprint density at radius 1 is 1.42 bits per heavy atom. The Kier molecular flexibility index (Phi) is 2.74. The molecule has 98 valence electrons. The number of rotatable bonds is 2. The summed E-state index contributed by atoms with van der Waals surface area (Å²) in [5.74, 6) is 0.116. The summed E-state index contributed by atoms with van der Waals surface area (Å²) in [5.41, 5.74) is 8.46. The zero-order chi connectivity index (χ0) is 13.4. The van der Waals surface area contributed by atoms with Crippen molar-refractivity contribution in [1.29, 1.82) is 0 Å². The minimum Gasteiger partial charge on any atom is -0.397 e. The number of benzene rings is 1. The first-order valence-electron chi connectivity index (χ1n) is 6.31. The third-order valence-electron chi connectivity index (χ3n) is 3.58. The van der Waals surface area contributed by atoms with Crippen LogP contribution in [0.1, 0.15) is 6.42 Å². The summed E-state index contributed by atoms with van der Waals surface area (Å²) in [5, 5.41) is 4.15. The Hall–Kier alpha value is -2.30. The Bertz CT molecular complexity index is 640. The van der Waals surface area contributed by atoms with E-state index in [0.717, 1.165) is 29.6 Å². The molecule has 0 aliphatic carbocycles. The number of likely N-dealkylation sites (tertiary alicyclic amines) is 1. The summed E-state index contributed by atoms with van der Waals surface area (Å²) in [6, 6.07) is 7.41. The molecular formula is C14H16N4O. The van der Waals surface area contributed by atoms with Crippen molar-refractivity contribution >= 4 is 28.2 Å². The molecule has 19 heavy (non-hydrogen) atoms. The van der Waals surface area contributed by atoms with Crippen molar-refractivity contribution in [3.8, 4) is 0 Å². The Balaban J connectivity index is 1.93. The molecule has 5 heteroatoms. The van der Waals surface area contributed by atoms with E-state index in [-0.39, 0.29) is 11.9 Å². The second kappa shape index (κ2) is 4.42. The molecule has 1 aromatic carbocycles. The van der Waals surface area contributed by atoms with Crippen molar-refractivity contribution in [3.63, 3.8) is 0 Å². The second-order valence-electron chi connectivity index (χ2n) is 4.84. The van der Waals surface area contributed by atoms with Crippen LogP contribution in [0.4, 0.5) is 11.4 Å². The van der Waals surface area contributed by atoms with Crippen molar-refractivity contribution < 1.29 is 4.79 Å². The maximum Gasteiger partial charge on any atom is 0.244 e. The minimum atomic E-state index is -0.179. The molecule has 2 heterocycles. The first kappa shape index (κ1) is 11.8. The van der Waals surface area contributed by atoms with Gasteiger partial charge in [-0.3, -0.25) is 9.78 Å². The lowest BCUT2D eigenvalue weighted by molar-refractivity contribution is -0.127. The van der Waals surface area contributed by atoms with Gasteiger partial charge in [0.25, 0.3) is 0 Å². The first-order valence-corrected chi connectivity index (χ1v) is 6.31. The number of pyridine rings is 1. The number of nitrogens with zero attached hydrogens (tertiary/aromatic N) is 2. The SMILES string of the molecule is CN1CCC(Nc2ccc3ncccc3c2N)C1=O. The van der Waals surface area contributed by atoms with E-state index < -0.39 is 0 Å². The highest BCUT2D eigenvalue weighted by molar-refractivity contribution is 5.98. The van der Waals surface area contributed by atoms with Gasteiger partial charge in [-0.25, -0.2) is 0 Å². The van der Waals surface area contributed by atoms with Crippen LogP contribution in [0.2, 0.25) is 0 Å². The number of carbonyl (C=O) groups is 1. The summed E-state index contributed by atoms with van der Waals surface area (Å²) in [7, 11) is 1.82. The molecule has 1 aliphatic rings. The van der Waals surface area contributed by atoms with Gasteiger partial charge in [0.2, 0.25) is 5.91 Å². The number of hydrogen-bond donors (Lipinski definition) is 2. The zero-order valence-electron chi connectivity index (χ0n) is 10.8. The molecule has 1 unspecified atom stereocenters. The molecule has 0 saturated carbocycles. The lowest BCUT2D eigenvalue weighted by Gasteiger charge is -2.16. The fraction of sp³-hybridized carbons (Fsp3) is 0.286. The van der Waals surface area contributed by atoms with Crippen LogP contribution < -0.4 is 11.1 Å². The number of likely N-dealkylation sites (N-methyl/N-ethyl adjacent to an activating group) is 1. The quantitative estimate of drug-likeness (QED) is 0.798. The summed E-state index contributed by atoms with van der Waals surface area (Å²) >= 11 is 0. The van der Waals surface area contributed by atoms with Gasteiger partial charge >= 0.3 is 0 Å². The molecule has 5 nitrogen and oxygen atoms in total. The molecule has 1 saturated heterocycles. The van der Waals surface area contributed by atoms with Gasteiger partial charge in [-0.2, -0.15) is 0 Å². The predicted molar refractivity (Wildman–Crippen MR) is 75.8 cm³/mol. The molecule has 0 radical (unpaired) electrons. The summed E-state index contributed by atoms with van der Waals surface area (Å²) in [6.45, 7) is 0.783. The first-order chi connectivity index (χ1) is 9.16. The number of nitrogens with one attached hydrogen (secondary N) is 1. The molecular weight excluding hydrogens is 240 g/mol. The number of carbonyl (C=O) groups excluding carboxylic acids is 1. The van der Waals surface area contributed by atoms with Crippen molar-refractivity contribution in [1.82, 2.24) is 9.88 Å². The van der Waals surface area contributed by atoms with Crippen LogP contribution in [0.5, 0.6) is 0 Å². The van der Waals surface area contributed by atoms with Gasteiger partial charge in [-0.05, 0) is 30.7 Å². The average Bonchev–Trinajstić information content (AvgIpc) is 2.74. The summed E-state index contributed by atoms with van der Waals surface area (Å²) in [6.07, 6.45) is 2.55. The van der Waals surface area contributed by atoms with Crippen LogP contribution in [-0.2, 0) is 4.79 Å². The van der Waals surface area contributed by atoms with E-state index in [1.54, 1.807) is 11.1 Å². The van der Waals surface area contributed by atoms with E-state index in [9.17, 15) is 4.79 Å². The van der Waals surface area contributed by atoms with Gasteiger partial charge in [0, 0.05) is 25.2 Å². The highest BCUT2D eigenvalue weighted by Gasteiger charge is 2.29. The van der Waals surface area contributed by atoms with Gasteiger partial charge in [-0.15, -0.1) is 0 Å². The number of nitrogens with two attached hydrogens (primary N) is 1. The number of fused-ring (bicyclic) bond motifs is 1. The van der Waals surface area contributed by atoms with E-state index in [1.165, 1.54) is 0 Å². The fourth-order valence-electron chi connectivity index (χ4n) is 2.45. The Morgan fingerprint density at radius 3 is 3.00 bits per heavy atom. The highest BCUT2D eigenvalue weighted by Crippen LogP contribution is 2.29. The average molecular weight is 256 g/mol. The van der Waals surface area contributed by atoms with Crippen LogP contribution in [0.25, 0.3) is 10.9 Å². The van der Waals surface area contributed by atoms with Crippen LogP contribution in [0, 0.1) is 0 Å². The van der Waals surface area contributed by atoms with E-state index in [4.69, 9.17) is 5.73 Å². The van der Waals surface area contributed by atoms with Crippen LogP contribution in [0.15, 0.2) is 30.5 Å². The minimum absolute atomic E-state index is 0.116. The third kappa shape index (κ3) is 1.97. The van der Waals surface area contributed by atoms with E-state index in [2.05, 4.69) is 10.3 Å². The van der Waals surface area contributed by atoms with Crippen molar-refractivity contribution in [3.05, 3.63) is 30.5 Å². The molecule has 1 aliphatic heterocycles. The standard InChI is InChI=1S/C14H16N4O/c1-18-8-6-12(14(18)19)17-11-5-4-10-9(13(11)15)3-2-7-16-10/h2-5,7,12,17H,6,8,15H2,1H3. The number of hydrogen-bond acceptors (Lipinski definition) is 4. The second-order valence-corrected chi connectivity index (χ2v) is 4.84. The molecule has 1 aromatic heterocycles. The van der Waals surface area contributed by atoms with Gasteiger partial charge in [-0.1, -0.05) is 0 Å². The lowest BCUT2D eigenvalue weighted by Crippen LogP contribution is -2.31. The summed E-state index contributed by atoms with van der Waals surface area (Å²) < 4.78 is 0. The monoisotopic (exact) mass is 256 g/mol. The number of anilines is 2. The maximum absolute atomic E-state index is 11.9. The zero-order valence-corrected chi connectivity index (χ0v) is 10.8. The van der Waals surface area contributed by atoms with Gasteiger partial charge < -0.3 is 16.0 Å². The normalized spacial score (nSPS) is 19.1. The lowest BCUT2D eigenvalue weighted by atomic mass is 10.1. The summed E-state index contributed by atoms with van der Waals surface area (Å²) in [4.78, 5) is 17.9. The molecule has 0 spiro atoms. The number of amides is 1. The number of nitrogen functional groups attached to an aromatic ring is 1. The van der Waals surface area contributed by atoms with Crippen molar-refractivity contribution in [2.75, 3.05) is 24.6 Å². The largest absolute Gasteiger partial charge is 0.397 e. The third-order valence-corrected chi connectivity index (χ3v) is 3.58. The molecule has 1 fully saturated rings. The molecule has 3 N–H and O–H groups in total. The van der Waals surface area contributed by atoms with E-state index >= 15 is 0 Å². The molecule has 1 atom stereocenters. The number of aromatic nitrogens is 1. The van der Waals surface area contributed by atoms with Crippen molar-refractivity contribution in [2.24, 2.45) is 0 Å². The van der Waals surface area contributed by atoms with Crippen LogP contribution >= 0.6 is 0 Å². The van der Waals surface area contributed by atoms with Gasteiger partial charge in [0.15, 0.2) is 0 Å². The van der Waals surface area contributed by atoms with Crippen molar-refractivity contribution in [2.45, 2.75) is 12.5 Å². The van der Waals surface area contributed by atoms with Gasteiger partial charge in [0.05, 0.1) is 16.9 Å².